The van der Waals surface area contributed by atoms with Gasteiger partial charge in [-0.1, -0.05) is 19.4 Å². The molecule has 9 atom stereocenters. The van der Waals surface area contributed by atoms with E-state index in [9.17, 15) is 9.59 Å². The van der Waals surface area contributed by atoms with Crippen molar-refractivity contribution in [3.63, 3.8) is 0 Å². The number of ketones is 1. The van der Waals surface area contributed by atoms with Crippen molar-refractivity contribution in [3.05, 3.63) is 11.6 Å². The van der Waals surface area contributed by atoms with Crippen molar-refractivity contribution in [1.82, 2.24) is 0 Å². The lowest BCUT2D eigenvalue weighted by Crippen LogP contribution is -2.60. The maximum atomic E-state index is 12.1. The summed E-state index contributed by atoms with van der Waals surface area (Å²) in [6.45, 7) is 7.51. The Labute approximate surface area is 220 Å². The van der Waals surface area contributed by atoms with Crippen LogP contribution in [0.1, 0.15) is 59.3 Å². The van der Waals surface area contributed by atoms with Crippen molar-refractivity contribution in [1.29, 1.82) is 0 Å². The number of carbonyl (C=O) groups is 2. The van der Waals surface area contributed by atoms with Crippen LogP contribution in [0.25, 0.3) is 0 Å². The molecule has 4 nitrogen and oxygen atoms in total. The largest absolute Gasteiger partial charge is 0.461 e. The molecule has 1 saturated heterocycles. The van der Waals surface area contributed by atoms with Crippen LogP contribution < -0.4 is 0 Å². The zero-order chi connectivity index (χ0) is 18.1. The highest BCUT2D eigenvalue weighted by atomic mass is 32.1. The first-order valence-electron chi connectivity index (χ1n) is 10.3. The summed E-state index contributed by atoms with van der Waals surface area (Å²) >= 11 is 0. The van der Waals surface area contributed by atoms with Gasteiger partial charge in [-0.15, -0.1) is 0 Å². The Bertz CT molecular complexity index is 792. The van der Waals surface area contributed by atoms with E-state index < -0.39 is 0 Å². The molecule has 31 heavy (non-hydrogen) atoms. The lowest BCUT2D eigenvalue weighted by atomic mass is 9.46. The summed E-state index contributed by atoms with van der Waals surface area (Å²) in [5, 5.41) is 0. The fraction of sp³-hybridized carbons (Fsp3) is 0.818. The summed E-state index contributed by atoms with van der Waals surface area (Å²) in [6.07, 6.45) is 8.13. The summed E-state index contributed by atoms with van der Waals surface area (Å²) in [5.41, 5.74) is 0.999. The molecule has 5 fully saturated rings. The Balaban J connectivity index is 0.000000961. The van der Waals surface area contributed by atoms with Gasteiger partial charge in [0.2, 0.25) is 0 Å². The van der Waals surface area contributed by atoms with Gasteiger partial charge in [-0.05, 0) is 68.8 Å². The van der Waals surface area contributed by atoms with Gasteiger partial charge in [0.25, 0.3) is 6.47 Å². The van der Waals surface area contributed by atoms with Crippen molar-refractivity contribution in [3.8, 4) is 0 Å². The predicted octanol–water partition coefficient (Wildman–Crippen LogP) is 4.00. The molecule has 0 aromatic heterocycles. The van der Waals surface area contributed by atoms with E-state index in [1.54, 1.807) is 0 Å². The molecule has 0 unspecified atom stereocenters. The van der Waals surface area contributed by atoms with E-state index in [2.05, 4.69) is 20.8 Å². The van der Waals surface area contributed by atoms with Crippen LogP contribution >= 0.6 is 67.5 Å². The molecule has 9 heteroatoms. The maximum Gasteiger partial charge on any atom is 0.293 e. The van der Waals surface area contributed by atoms with Crippen LogP contribution in [0.3, 0.4) is 0 Å². The Morgan fingerprint density at radius 2 is 1.77 bits per heavy atom. The Kier molecular flexibility index (Phi) is 8.28. The van der Waals surface area contributed by atoms with Crippen LogP contribution in [-0.4, -0.2) is 29.6 Å². The van der Waals surface area contributed by atoms with E-state index in [0.29, 0.717) is 42.3 Å². The standard InChI is InChI=1S/C22H28O4.5H2S/c1-19-6-4-12(24)8-16(19)13-9-14(13)18-15-5-7-21(3,25-11-23)20(15,2)10-17-22(18,19)26-17;;;;;/h8,11,13-15,17-18H,4-7,9-10H2,1-3H3;5*1H2/t13-,14+,15+,17-,18+,19+,20+,21+,22-;;;;;/m1...../s1. The van der Waals surface area contributed by atoms with Gasteiger partial charge in [0, 0.05) is 17.3 Å². The van der Waals surface area contributed by atoms with Gasteiger partial charge < -0.3 is 9.47 Å². The molecular weight excluding hydrogens is 489 g/mol. The van der Waals surface area contributed by atoms with Gasteiger partial charge in [-0.25, -0.2) is 0 Å². The fourth-order valence-electron chi connectivity index (χ4n) is 8.34. The lowest BCUT2D eigenvalue weighted by Gasteiger charge is -2.56. The van der Waals surface area contributed by atoms with E-state index in [-0.39, 0.29) is 95.6 Å². The second-order valence-corrected chi connectivity index (χ2v) is 10.5. The number of hydrogen-bond acceptors (Lipinski definition) is 4. The number of epoxide rings is 1. The van der Waals surface area contributed by atoms with Crippen molar-refractivity contribution < 1.29 is 19.1 Å². The van der Waals surface area contributed by atoms with Crippen molar-refractivity contribution >= 4 is 79.7 Å². The summed E-state index contributed by atoms with van der Waals surface area (Å²) < 4.78 is 12.4. The van der Waals surface area contributed by atoms with E-state index >= 15 is 0 Å². The van der Waals surface area contributed by atoms with Crippen LogP contribution in [0, 0.1) is 34.5 Å². The third-order valence-corrected chi connectivity index (χ3v) is 9.95. The molecule has 0 amide bonds. The van der Waals surface area contributed by atoms with Gasteiger partial charge in [-0.2, -0.15) is 67.5 Å². The van der Waals surface area contributed by atoms with Gasteiger partial charge in [-0.3, -0.25) is 9.59 Å². The van der Waals surface area contributed by atoms with Crippen LogP contribution in [-0.2, 0) is 19.1 Å². The van der Waals surface area contributed by atoms with Crippen LogP contribution in [0.4, 0.5) is 0 Å². The van der Waals surface area contributed by atoms with Gasteiger partial charge in [0.1, 0.15) is 11.2 Å². The van der Waals surface area contributed by atoms with E-state index in [0.717, 1.165) is 25.7 Å². The highest BCUT2D eigenvalue weighted by Gasteiger charge is 2.85. The van der Waals surface area contributed by atoms with Crippen LogP contribution in [0.2, 0.25) is 0 Å². The Morgan fingerprint density at radius 1 is 1.10 bits per heavy atom. The molecule has 6 aliphatic rings. The Morgan fingerprint density at radius 3 is 2.42 bits per heavy atom. The van der Waals surface area contributed by atoms with E-state index in [1.807, 2.05) is 6.08 Å². The average molecular weight is 527 g/mol. The van der Waals surface area contributed by atoms with Crippen LogP contribution in [0.15, 0.2) is 11.6 Å². The second kappa shape index (κ2) is 8.67. The lowest BCUT2D eigenvalue weighted by molar-refractivity contribution is -0.162. The zero-order valence-electron chi connectivity index (χ0n) is 18.4. The third-order valence-electron chi connectivity index (χ3n) is 9.95. The molecule has 0 bridgehead atoms. The minimum Gasteiger partial charge on any atom is -0.461 e. The molecule has 0 N–H and O–H groups in total. The smallest absolute Gasteiger partial charge is 0.293 e. The van der Waals surface area contributed by atoms with Gasteiger partial charge in [0.05, 0.1) is 6.10 Å². The first-order valence-corrected chi connectivity index (χ1v) is 10.3. The molecular formula is C22H38O4S5. The third kappa shape index (κ3) is 3.19. The topological polar surface area (TPSA) is 55.9 Å². The molecule has 6 rings (SSSR count). The summed E-state index contributed by atoms with van der Waals surface area (Å²) in [4.78, 5) is 23.3. The number of carbonyl (C=O) groups excluding carboxylic acids is 2. The quantitative estimate of drug-likeness (QED) is 0.403. The van der Waals surface area contributed by atoms with Gasteiger partial charge >= 0.3 is 0 Å². The molecule has 0 aromatic carbocycles. The first kappa shape index (κ1) is 29.6. The summed E-state index contributed by atoms with van der Waals surface area (Å²) in [5.74, 6) is 2.67. The normalized spacial score (nSPS) is 51.4. The predicted molar refractivity (Wildman–Crippen MR) is 146 cm³/mol. The average Bonchev–Trinajstić information content (AvgIpc) is 3.47. The second-order valence-electron chi connectivity index (χ2n) is 10.5. The van der Waals surface area contributed by atoms with Gasteiger partial charge in [0.15, 0.2) is 5.78 Å². The fourth-order valence-corrected chi connectivity index (χ4v) is 8.34. The minimum atomic E-state index is -0.374. The minimum absolute atomic E-state index is 0. The SMILES string of the molecule is C[C@]12CCC(=O)C=C1[C@@H]1C[C@@H]1[C@H]1[C@@H]3CC[C@](C)(OC=O)[C@@]3(C)C[C@H]3O[C@@]132.S.S.S.S.S. The molecule has 1 heterocycles. The molecule has 4 saturated carbocycles. The molecule has 180 valence electrons. The van der Waals surface area contributed by atoms with E-state index in [1.165, 1.54) is 12.0 Å². The number of hydrogen-bond donors (Lipinski definition) is 0. The summed E-state index contributed by atoms with van der Waals surface area (Å²) in [7, 11) is 0. The highest BCUT2D eigenvalue weighted by molar-refractivity contribution is 7.60. The van der Waals surface area contributed by atoms with Crippen LogP contribution in [0.5, 0.6) is 0 Å². The van der Waals surface area contributed by atoms with Crippen molar-refractivity contribution in [2.45, 2.75) is 76.6 Å². The maximum absolute atomic E-state index is 12.1. The molecule has 1 spiro atoms. The van der Waals surface area contributed by atoms with Crippen molar-refractivity contribution in [2.24, 2.45) is 34.5 Å². The number of ether oxygens (including phenoxy) is 2. The monoisotopic (exact) mass is 526 g/mol. The number of fused-ring (bicyclic) bond motifs is 6. The van der Waals surface area contributed by atoms with E-state index in [4.69, 9.17) is 9.47 Å². The Hall–Kier alpha value is 0.590. The molecule has 0 aromatic rings. The first-order chi connectivity index (χ1) is 12.3. The number of rotatable bonds is 2. The zero-order valence-corrected chi connectivity index (χ0v) is 23.4. The van der Waals surface area contributed by atoms with Crippen molar-refractivity contribution in [2.75, 3.05) is 0 Å². The molecule has 0 radical (unpaired) electrons. The highest BCUT2D eigenvalue weighted by Crippen LogP contribution is 2.82. The molecule has 1 aliphatic heterocycles. The summed E-state index contributed by atoms with van der Waals surface area (Å²) in [6, 6.07) is 0. The molecule has 5 aliphatic carbocycles.